The molecular weight excluding hydrogens is 264 g/mol. The molecule has 0 spiro atoms. The molecule has 1 fully saturated rings. The molecule has 1 heterocycles. The lowest BCUT2D eigenvalue weighted by atomic mass is 10.1. The van der Waals surface area contributed by atoms with Crippen LogP contribution in [0.5, 0.6) is 0 Å². The second-order valence-electron chi connectivity index (χ2n) is 5.21. The molecule has 0 unspecified atom stereocenters. The molecule has 1 saturated carbocycles. The van der Waals surface area contributed by atoms with Crippen LogP contribution in [0.3, 0.4) is 0 Å². The topological polar surface area (TPSA) is 66.9 Å². The van der Waals surface area contributed by atoms with Gasteiger partial charge in [-0.05, 0) is 37.0 Å². The van der Waals surface area contributed by atoms with Gasteiger partial charge in [-0.1, -0.05) is 19.1 Å². The molecule has 5 nitrogen and oxygen atoms in total. The van der Waals surface area contributed by atoms with Crippen LogP contribution in [0.2, 0.25) is 0 Å². The average molecular weight is 282 g/mol. The van der Waals surface area contributed by atoms with E-state index >= 15 is 0 Å². The van der Waals surface area contributed by atoms with Gasteiger partial charge in [0.05, 0.1) is 0 Å². The van der Waals surface area contributed by atoms with Crippen molar-refractivity contribution >= 4 is 17.4 Å². The molecule has 1 aromatic carbocycles. The highest BCUT2D eigenvalue weighted by Gasteiger charge is 2.24. The van der Waals surface area contributed by atoms with E-state index < -0.39 is 0 Å². The van der Waals surface area contributed by atoms with E-state index in [0.29, 0.717) is 17.6 Å². The fourth-order valence-electron chi connectivity index (χ4n) is 2.01. The Kier molecular flexibility index (Phi) is 3.81. The van der Waals surface area contributed by atoms with Crippen molar-refractivity contribution < 1.29 is 4.79 Å². The van der Waals surface area contributed by atoms with E-state index in [1.165, 1.54) is 11.9 Å². The number of nitrogens with one attached hydrogen (secondary N) is 2. The second kappa shape index (κ2) is 5.91. The Labute approximate surface area is 123 Å². The number of nitrogens with zero attached hydrogens (tertiary/aromatic N) is 2. The van der Waals surface area contributed by atoms with Crippen LogP contribution in [-0.2, 0) is 6.42 Å². The van der Waals surface area contributed by atoms with Crippen molar-refractivity contribution in [2.24, 2.45) is 0 Å². The summed E-state index contributed by atoms with van der Waals surface area (Å²) in [5, 5.41) is 6.11. The van der Waals surface area contributed by atoms with Crippen LogP contribution in [0.4, 0.5) is 11.5 Å². The van der Waals surface area contributed by atoms with Gasteiger partial charge in [0, 0.05) is 17.8 Å². The van der Waals surface area contributed by atoms with Gasteiger partial charge in [0.1, 0.15) is 17.8 Å². The lowest BCUT2D eigenvalue weighted by molar-refractivity contribution is 0.0946. The van der Waals surface area contributed by atoms with E-state index in [1.54, 1.807) is 6.07 Å². The first kappa shape index (κ1) is 13.5. The third-order valence-electron chi connectivity index (χ3n) is 3.45. The monoisotopic (exact) mass is 282 g/mol. The summed E-state index contributed by atoms with van der Waals surface area (Å²) < 4.78 is 0. The minimum atomic E-state index is -0.135. The van der Waals surface area contributed by atoms with E-state index in [-0.39, 0.29) is 5.91 Å². The third kappa shape index (κ3) is 3.56. The molecule has 0 saturated heterocycles. The summed E-state index contributed by atoms with van der Waals surface area (Å²) in [6, 6.07) is 10.2. The van der Waals surface area contributed by atoms with Crippen LogP contribution in [-0.4, -0.2) is 21.9 Å². The molecule has 0 bridgehead atoms. The van der Waals surface area contributed by atoms with Gasteiger partial charge in [-0.25, -0.2) is 9.97 Å². The van der Waals surface area contributed by atoms with Gasteiger partial charge in [-0.15, -0.1) is 0 Å². The lowest BCUT2D eigenvalue weighted by Gasteiger charge is -2.08. The van der Waals surface area contributed by atoms with Gasteiger partial charge in [-0.2, -0.15) is 0 Å². The minimum absolute atomic E-state index is 0.135. The molecule has 0 radical (unpaired) electrons. The zero-order chi connectivity index (χ0) is 14.7. The lowest BCUT2D eigenvalue weighted by Crippen LogP contribution is -2.26. The van der Waals surface area contributed by atoms with Crippen LogP contribution in [0.1, 0.15) is 35.8 Å². The molecule has 1 aromatic heterocycles. The number of anilines is 2. The van der Waals surface area contributed by atoms with Crippen molar-refractivity contribution in [2.45, 2.75) is 32.2 Å². The van der Waals surface area contributed by atoms with E-state index in [4.69, 9.17) is 0 Å². The Balaban J connectivity index is 1.70. The Morgan fingerprint density at radius 3 is 2.67 bits per heavy atom. The smallest absolute Gasteiger partial charge is 0.270 e. The van der Waals surface area contributed by atoms with Crippen LogP contribution >= 0.6 is 0 Å². The first-order chi connectivity index (χ1) is 10.2. The van der Waals surface area contributed by atoms with E-state index in [1.807, 2.05) is 12.1 Å². The summed E-state index contributed by atoms with van der Waals surface area (Å²) in [7, 11) is 0. The molecule has 0 aliphatic heterocycles. The van der Waals surface area contributed by atoms with Gasteiger partial charge in [0.15, 0.2) is 0 Å². The van der Waals surface area contributed by atoms with Crippen molar-refractivity contribution in [3.05, 3.63) is 47.9 Å². The minimum Gasteiger partial charge on any atom is -0.348 e. The van der Waals surface area contributed by atoms with Crippen molar-refractivity contribution in [2.75, 3.05) is 5.32 Å². The highest BCUT2D eigenvalue weighted by molar-refractivity contribution is 5.93. The number of aryl methyl sites for hydroxylation is 1. The van der Waals surface area contributed by atoms with Crippen molar-refractivity contribution in [3.63, 3.8) is 0 Å². The standard InChI is InChI=1S/C16H18N4O/c1-2-11-3-5-12(6-4-11)19-15-9-14(17-10-18-15)16(21)20-13-7-8-13/h3-6,9-10,13H,2,7-8H2,1H3,(H,20,21)(H,17,18,19). The summed E-state index contributed by atoms with van der Waals surface area (Å²) in [6.45, 7) is 2.12. The fourth-order valence-corrected chi connectivity index (χ4v) is 2.01. The Morgan fingerprint density at radius 1 is 1.24 bits per heavy atom. The normalized spacial score (nSPS) is 13.8. The number of carbonyl (C=O) groups excluding carboxylic acids is 1. The summed E-state index contributed by atoms with van der Waals surface area (Å²) in [6.07, 6.45) is 4.54. The highest BCUT2D eigenvalue weighted by atomic mass is 16.2. The highest BCUT2D eigenvalue weighted by Crippen LogP contribution is 2.20. The maximum atomic E-state index is 12.0. The van der Waals surface area contributed by atoms with Crippen molar-refractivity contribution in [1.29, 1.82) is 0 Å². The largest absolute Gasteiger partial charge is 0.348 e. The van der Waals surface area contributed by atoms with Crippen LogP contribution in [0.25, 0.3) is 0 Å². The maximum Gasteiger partial charge on any atom is 0.270 e. The molecule has 3 rings (SSSR count). The predicted molar refractivity (Wildman–Crippen MR) is 81.6 cm³/mol. The number of rotatable bonds is 5. The number of hydrogen-bond donors (Lipinski definition) is 2. The molecular formula is C16H18N4O. The van der Waals surface area contributed by atoms with Crippen LogP contribution in [0, 0.1) is 0 Å². The first-order valence-corrected chi connectivity index (χ1v) is 7.23. The van der Waals surface area contributed by atoms with E-state index in [9.17, 15) is 4.79 Å². The van der Waals surface area contributed by atoms with Gasteiger partial charge < -0.3 is 10.6 Å². The van der Waals surface area contributed by atoms with Crippen LogP contribution in [0.15, 0.2) is 36.7 Å². The van der Waals surface area contributed by atoms with Gasteiger partial charge in [-0.3, -0.25) is 4.79 Å². The molecule has 0 atom stereocenters. The number of amides is 1. The Morgan fingerprint density at radius 2 is 2.00 bits per heavy atom. The zero-order valence-corrected chi connectivity index (χ0v) is 12.0. The fraction of sp³-hybridized carbons (Fsp3) is 0.312. The molecule has 1 aliphatic carbocycles. The zero-order valence-electron chi connectivity index (χ0n) is 12.0. The summed E-state index contributed by atoms with van der Waals surface area (Å²) in [4.78, 5) is 20.1. The maximum absolute atomic E-state index is 12.0. The molecule has 21 heavy (non-hydrogen) atoms. The van der Waals surface area contributed by atoms with Crippen molar-refractivity contribution in [1.82, 2.24) is 15.3 Å². The van der Waals surface area contributed by atoms with E-state index in [2.05, 4.69) is 39.7 Å². The quantitative estimate of drug-likeness (QED) is 0.884. The van der Waals surface area contributed by atoms with Gasteiger partial charge in [0.2, 0.25) is 0 Å². The number of carbonyl (C=O) groups is 1. The SMILES string of the molecule is CCc1ccc(Nc2cc(C(=O)NC3CC3)ncn2)cc1. The van der Waals surface area contributed by atoms with Gasteiger partial charge >= 0.3 is 0 Å². The Hall–Kier alpha value is -2.43. The van der Waals surface area contributed by atoms with Gasteiger partial charge in [0.25, 0.3) is 5.91 Å². The molecule has 5 heteroatoms. The van der Waals surface area contributed by atoms with Crippen molar-refractivity contribution in [3.8, 4) is 0 Å². The number of aromatic nitrogens is 2. The molecule has 1 aliphatic rings. The van der Waals surface area contributed by atoms with E-state index in [0.717, 1.165) is 24.9 Å². The molecule has 2 aromatic rings. The second-order valence-corrected chi connectivity index (χ2v) is 5.21. The predicted octanol–water partition coefficient (Wildman–Crippen LogP) is 2.67. The molecule has 108 valence electrons. The average Bonchev–Trinajstić information content (AvgIpc) is 3.32. The summed E-state index contributed by atoms with van der Waals surface area (Å²) in [5.41, 5.74) is 2.62. The summed E-state index contributed by atoms with van der Waals surface area (Å²) in [5.74, 6) is 0.486. The van der Waals surface area contributed by atoms with Crippen LogP contribution < -0.4 is 10.6 Å². The molecule has 2 N–H and O–H groups in total. The first-order valence-electron chi connectivity index (χ1n) is 7.23. The molecule has 1 amide bonds. The Bertz CT molecular complexity index is 635. The summed E-state index contributed by atoms with van der Waals surface area (Å²) >= 11 is 0. The third-order valence-corrected chi connectivity index (χ3v) is 3.45. The number of benzene rings is 1. The number of hydrogen-bond acceptors (Lipinski definition) is 4.